The van der Waals surface area contributed by atoms with E-state index in [0.29, 0.717) is 12.6 Å². The van der Waals surface area contributed by atoms with Crippen LogP contribution >= 0.6 is 0 Å². The van der Waals surface area contributed by atoms with E-state index >= 15 is 0 Å². The van der Waals surface area contributed by atoms with Gasteiger partial charge in [0.25, 0.3) is 0 Å². The smallest absolute Gasteiger partial charge is 0.0415 e. The first-order valence-corrected chi connectivity index (χ1v) is 7.82. The summed E-state index contributed by atoms with van der Waals surface area (Å²) in [6, 6.07) is 19.6. The zero-order chi connectivity index (χ0) is 15.1. The third-order valence-electron chi connectivity index (χ3n) is 4.09. The normalized spacial score (nSPS) is 12.1. The van der Waals surface area contributed by atoms with E-state index in [4.69, 9.17) is 5.73 Å². The zero-order valence-corrected chi connectivity index (χ0v) is 13.1. The summed E-state index contributed by atoms with van der Waals surface area (Å²) in [5.41, 5.74) is 10.1. The molecule has 0 saturated carbocycles. The van der Waals surface area contributed by atoms with Crippen LogP contribution in [0, 0.1) is 6.92 Å². The van der Waals surface area contributed by atoms with Gasteiger partial charge in [-0.2, -0.15) is 0 Å². The topological polar surface area (TPSA) is 29.3 Å². The van der Waals surface area contributed by atoms with Gasteiger partial charge in [-0.1, -0.05) is 48.5 Å². The zero-order valence-electron chi connectivity index (χ0n) is 13.1. The number of nitrogens with two attached hydrogens (primary N) is 1. The van der Waals surface area contributed by atoms with E-state index in [1.165, 1.54) is 16.8 Å². The van der Waals surface area contributed by atoms with Crippen LogP contribution in [0.3, 0.4) is 0 Å². The molecule has 2 heteroatoms. The minimum absolute atomic E-state index is 0.385. The fourth-order valence-corrected chi connectivity index (χ4v) is 2.89. The average Bonchev–Trinajstić information content (AvgIpc) is 2.53. The van der Waals surface area contributed by atoms with Crippen LogP contribution in [0.5, 0.6) is 0 Å². The van der Waals surface area contributed by atoms with Crippen molar-refractivity contribution in [2.75, 3.05) is 18.0 Å². The van der Waals surface area contributed by atoms with Gasteiger partial charge >= 0.3 is 0 Å². The molecule has 1 unspecified atom stereocenters. The highest BCUT2D eigenvalue weighted by Crippen LogP contribution is 2.23. The van der Waals surface area contributed by atoms with Crippen LogP contribution in [0.15, 0.2) is 54.6 Å². The van der Waals surface area contributed by atoms with Gasteiger partial charge in [-0.15, -0.1) is 0 Å². The Labute approximate surface area is 128 Å². The van der Waals surface area contributed by atoms with Gasteiger partial charge in [-0.05, 0) is 43.9 Å². The predicted octanol–water partition coefficient (Wildman–Crippen LogP) is 3.78. The number of nitrogens with zero attached hydrogens (tertiary/aromatic N) is 1. The molecule has 2 aromatic carbocycles. The van der Waals surface area contributed by atoms with Gasteiger partial charge in [0.05, 0.1) is 0 Å². The monoisotopic (exact) mass is 282 g/mol. The van der Waals surface area contributed by atoms with E-state index in [-0.39, 0.29) is 0 Å². The Morgan fingerprint density at radius 1 is 1.00 bits per heavy atom. The van der Waals surface area contributed by atoms with Crippen LogP contribution in [0.1, 0.15) is 24.5 Å². The van der Waals surface area contributed by atoms with Crippen LogP contribution < -0.4 is 10.6 Å². The average molecular weight is 282 g/mol. The summed E-state index contributed by atoms with van der Waals surface area (Å²) < 4.78 is 0. The molecule has 0 aromatic heterocycles. The number of rotatable bonds is 7. The van der Waals surface area contributed by atoms with Crippen LogP contribution in [0.4, 0.5) is 5.69 Å². The van der Waals surface area contributed by atoms with E-state index in [1.807, 2.05) is 0 Å². The largest absolute Gasteiger partial charge is 0.367 e. The fourth-order valence-electron chi connectivity index (χ4n) is 2.89. The van der Waals surface area contributed by atoms with Gasteiger partial charge in [0, 0.05) is 24.8 Å². The molecule has 2 nitrogen and oxygen atoms in total. The Balaban J connectivity index is 2.09. The van der Waals surface area contributed by atoms with Gasteiger partial charge in [0.2, 0.25) is 0 Å². The first-order valence-electron chi connectivity index (χ1n) is 7.82. The summed E-state index contributed by atoms with van der Waals surface area (Å²) in [4.78, 5) is 2.44. The molecule has 0 heterocycles. The lowest BCUT2D eigenvalue weighted by molar-refractivity contribution is 0.565. The molecular weight excluding hydrogens is 256 g/mol. The van der Waals surface area contributed by atoms with Gasteiger partial charge in [-0.25, -0.2) is 0 Å². The summed E-state index contributed by atoms with van der Waals surface area (Å²) in [5, 5.41) is 0. The minimum Gasteiger partial charge on any atom is -0.367 e. The summed E-state index contributed by atoms with van der Waals surface area (Å²) in [5.74, 6) is 0. The molecule has 0 aliphatic carbocycles. The predicted molar refractivity (Wildman–Crippen MR) is 91.8 cm³/mol. The Hall–Kier alpha value is -1.80. The third kappa shape index (κ3) is 4.08. The van der Waals surface area contributed by atoms with Crippen LogP contribution in [0.25, 0.3) is 0 Å². The number of hydrogen-bond acceptors (Lipinski definition) is 2. The van der Waals surface area contributed by atoms with Crippen molar-refractivity contribution in [3.05, 3.63) is 65.7 Å². The second-order valence-electron chi connectivity index (χ2n) is 5.49. The second-order valence-corrected chi connectivity index (χ2v) is 5.49. The molecule has 0 radical (unpaired) electrons. The van der Waals surface area contributed by atoms with Crippen molar-refractivity contribution < 1.29 is 0 Å². The molecule has 2 N–H and O–H groups in total. The number of anilines is 1. The maximum Gasteiger partial charge on any atom is 0.0415 e. The van der Waals surface area contributed by atoms with E-state index in [1.54, 1.807) is 0 Å². The third-order valence-corrected chi connectivity index (χ3v) is 4.09. The number of aryl methyl sites for hydroxylation is 2. The SMILES string of the molecule is CCN(c1ccccc1C)C(CN)CCc1ccccc1. The number of para-hydroxylation sites is 1. The van der Waals surface area contributed by atoms with Gasteiger partial charge in [0.15, 0.2) is 0 Å². The van der Waals surface area contributed by atoms with Crippen molar-refractivity contribution in [3.8, 4) is 0 Å². The molecule has 2 aromatic rings. The van der Waals surface area contributed by atoms with Crippen molar-refractivity contribution in [1.82, 2.24) is 0 Å². The first kappa shape index (κ1) is 15.6. The lowest BCUT2D eigenvalue weighted by Crippen LogP contribution is -2.41. The van der Waals surface area contributed by atoms with Crippen molar-refractivity contribution in [2.45, 2.75) is 32.7 Å². The van der Waals surface area contributed by atoms with Gasteiger partial charge in [-0.3, -0.25) is 0 Å². The number of benzene rings is 2. The van der Waals surface area contributed by atoms with E-state index in [0.717, 1.165) is 19.4 Å². The Morgan fingerprint density at radius 3 is 2.29 bits per heavy atom. The van der Waals surface area contributed by atoms with Crippen molar-refractivity contribution in [1.29, 1.82) is 0 Å². The van der Waals surface area contributed by atoms with Crippen LogP contribution in [-0.4, -0.2) is 19.1 Å². The van der Waals surface area contributed by atoms with E-state index in [9.17, 15) is 0 Å². The summed E-state index contributed by atoms with van der Waals surface area (Å²) in [6.45, 7) is 6.05. The summed E-state index contributed by atoms with van der Waals surface area (Å²) in [7, 11) is 0. The molecule has 0 aliphatic rings. The Kier molecular flexibility index (Phi) is 5.82. The molecule has 1 atom stereocenters. The Bertz CT molecular complexity index is 536. The summed E-state index contributed by atoms with van der Waals surface area (Å²) in [6.07, 6.45) is 2.16. The molecule has 0 saturated heterocycles. The molecule has 21 heavy (non-hydrogen) atoms. The quantitative estimate of drug-likeness (QED) is 0.837. The maximum atomic E-state index is 6.06. The lowest BCUT2D eigenvalue weighted by Gasteiger charge is -2.33. The first-order chi connectivity index (χ1) is 10.3. The molecule has 0 fully saturated rings. The second kappa shape index (κ2) is 7.84. The van der Waals surface area contributed by atoms with Crippen molar-refractivity contribution in [2.24, 2.45) is 5.73 Å². The van der Waals surface area contributed by atoms with Gasteiger partial charge < -0.3 is 10.6 Å². The molecule has 0 spiro atoms. The summed E-state index contributed by atoms with van der Waals surface area (Å²) >= 11 is 0. The molecule has 0 amide bonds. The van der Waals surface area contributed by atoms with Crippen LogP contribution in [0.2, 0.25) is 0 Å². The van der Waals surface area contributed by atoms with Crippen molar-refractivity contribution >= 4 is 5.69 Å². The van der Waals surface area contributed by atoms with Crippen molar-refractivity contribution in [3.63, 3.8) is 0 Å². The maximum absolute atomic E-state index is 6.06. The highest BCUT2D eigenvalue weighted by molar-refractivity contribution is 5.53. The molecule has 0 bridgehead atoms. The molecular formula is C19H26N2. The molecule has 0 aliphatic heterocycles. The molecule has 2 rings (SSSR count). The molecule has 112 valence electrons. The van der Waals surface area contributed by atoms with E-state index < -0.39 is 0 Å². The van der Waals surface area contributed by atoms with Gasteiger partial charge in [0.1, 0.15) is 0 Å². The fraction of sp³-hybridized carbons (Fsp3) is 0.368. The van der Waals surface area contributed by atoms with E-state index in [2.05, 4.69) is 73.3 Å². The number of likely N-dealkylation sites (N-methyl/N-ethyl adjacent to an activating group) is 1. The number of hydrogen-bond donors (Lipinski definition) is 1. The standard InChI is InChI=1S/C19H26N2/c1-3-21(19-12-8-7-9-16(19)2)18(15-20)14-13-17-10-5-4-6-11-17/h4-12,18H,3,13-15,20H2,1-2H3. The lowest BCUT2D eigenvalue weighted by atomic mass is 10.0. The highest BCUT2D eigenvalue weighted by Gasteiger charge is 2.17. The Morgan fingerprint density at radius 2 is 1.67 bits per heavy atom. The van der Waals surface area contributed by atoms with Crippen LogP contribution in [-0.2, 0) is 6.42 Å². The highest BCUT2D eigenvalue weighted by atomic mass is 15.2. The minimum atomic E-state index is 0.385.